The van der Waals surface area contributed by atoms with E-state index in [2.05, 4.69) is 47.7 Å². The fraction of sp³-hybridized carbons (Fsp3) is 1.00. The monoisotopic (exact) mass is 398 g/mol. The second-order valence-corrected chi connectivity index (χ2v) is 16.6. The van der Waals surface area contributed by atoms with Gasteiger partial charge in [0.05, 0.1) is 24.9 Å². The van der Waals surface area contributed by atoms with Crippen molar-refractivity contribution in [3.05, 3.63) is 0 Å². The molecule has 2 saturated carbocycles. The van der Waals surface area contributed by atoms with Crippen LogP contribution in [0.5, 0.6) is 0 Å². The maximum Gasteiger partial charge on any atom is 0.192 e. The molecule has 3 fully saturated rings. The van der Waals surface area contributed by atoms with Crippen molar-refractivity contribution in [3.8, 4) is 0 Å². The van der Waals surface area contributed by atoms with Crippen molar-refractivity contribution in [1.29, 1.82) is 0 Å². The number of rotatable bonds is 2. The summed E-state index contributed by atoms with van der Waals surface area (Å²) >= 11 is 0. The highest BCUT2D eigenvalue weighted by atomic mass is 28.4. The highest BCUT2D eigenvalue weighted by Crippen LogP contribution is 2.61. The van der Waals surface area contributed by atoms with Gasteiger partial charge in [-0.25, -0.2) is 0 Å². The third-order valence-electron chi connectivity index (χ3n) is 8.35. The molecule has 3 aliphatic rings. The van der Waals surface area contributed by atoms with E-state index in [0.29, 0.717) is 6.61 Å². The van der Waals surface area contributed by atoms with E-state index >= 15 is 0 Å². The zero-order chi connectivity index (χ0) is 20.5. The first-order valence-electron chi connectivity index (χ1n) is 10.8. The molecule has 1 heterocycles. The Bertz CT molecular complexity index is 569. The number of hydrogen-bond acceptors (Lipinski definition) is 4. The van der Waals surface area contributed by atoms with Gasteiger partial charge in [0, 0.05) is 11.3 Å². The van der Waals surface area contributed by atoms with Gasteiger partial charge in [0.2, 0.25) is 0 Å². The van der Waals surface area contributed by atoms with Crippen LogP contribution >= 0.6 is 0 Å². The Balaban J connectivity index is 1.92. The van der Waals surface area contributed by atoms with E-state index < -0.39 is 14.1 Å². The number of fused-ring (bicyclic) bond motifs is 3. The molecule has 1 N–H and O–H groups in total. The summed E-state index contributed by atoms with van der Waals surface area (Å²) in [6, 6.07) is 0. The second kappa shape index (κ2) is 6.53. The molecule has 0 amide bonds. The molecule has 3 rings (SSSR count). The molecule has 2 aliphatic carbocycles. The fourth-order valence-corrected chi connectivity index (χ4v) is 7.20. The van der Waals surface area contributed by atoms with E-state index in [1.54, 1.807) is 0 Å². The SMILES string of the molecule is CC1(C)OC[C@@]2(C)[C@H]3[C@H](O)CC[C@@H](O[Si](C)(C)C(C)(C)C)[C@]3(C)CC[C@H]2O1. The number of aliphatic hydroxyl groups is 1. The Labute approximate surface area is 167 Å². The molecular weight excluding hydrogens is 356 g/mol. The van der Waals surface area contributed by atoms with Crippen molar-refractivity contribution < 1.29 is 19.0 Å². The molecule has 27 heavy (non-hydrogen) atoms. The van der Waals surface area contributed by atoms with Crippen molar-refractivity contribution in [2.24, 2.45) is 16.7 Å². The lowest BCUT2D eigenvalue weighted by molar-refractivity contribution is -0.353. The average molecular weight is 399 g/mol. The van der Waals surface area contributed by atoms with Crippen molar-refractivity contribution in [3.63, 3.8) is 0 Å². The van der Waals surface area contributed by atoms with Crippen LogP contribution in [0.3, 0.4) is 0 Å². The van der Waals surface area contributed by atoms with Gasteiger partial charge in [-0.05, 0) is 63.1 Å². The van der Waals surface area contributed by atoms with Gasteiger partial charge in [-0.1, -0.05) is 34.6 Å². The maximum atomic E-state index is 11.1. The summed E-state index contributed by atoms with van der Waals surface area (Å²) < 4.78 is 19.4. The molecule has 0 aromatic carbocycles. The third kappa shape index (κ3) is 3.56. The summed E-state index contributed by atoms with van der Waals surface area (Å²) in [5.74, 6) is -0.391. The zero-order valence-corrected chi connectivity index (χ0v) is 20.0. The van der Waals surface area contributed by atoms with Crippen LogP contribution in [0.2, 0.25) is 18.1 Å². The van der Waals surface area contributed by atoms with Crippen LogP contribution in [-0.4, -0.2) is 44.1 Å². The number of ether oxygens (including phenoxy) is 2. The molecule has 158 valence electrons. The molecule has 5 heteroatoms. The summed E-state index contributed by atoms with van der Waals surface area (Å²) in [4.78, 5) is 0. The Morgan fingerprint density at radius 2 is 1.63 bits per heavy atom. The minimum atomic E-state index is -1.87. The molecule has 1 aliphatic heterocycles. The minimum absolute atomic E-state index is 0.0351. The molecule has 4 nitrogen and oxygen atoms in total. The summed E-state index contributed by atoms with van der Waals surface area (Å²) in [5.41, 5.74) is -0.204. The van der Waals surface area contributed by atoms with E-state index in [1.807, 2.05) is 13.8 Å². The summed E-state index contributed by atoms with van der Waals surface area (Å²) in [7, 11) is -1.87. The number of hydrogen-bond donors (Lipinski definition) is 1. The Hall–Kier alpha value is 0.0569. The van der Waals surface area contributed by atoms with Crippen LogP contribution in [0.1, 0.15) is 74.1 Å². The smallest absolute Gasteiger partial charge is 0.192 e. The van der Waals surface area contributed by atoms with Crippen LogP contribution in [0.15, 0.2) is 0 Å². The highest BCUT2D eigenvalue weighted by molar-refractivity contribution is 6.74. The van der Waals surface area contributed by atoms with E-state index in [4.69, 9.17) is 13.9 Å². The Morgan fingerprint density at radius 1 is 1.00 bits per heavy atom. The summed E-state index contributed by atoms with van der Waals surface area (Å²) in [6.07, 6.45) is 3.86. The van der Waals surface area contributed by atoms with Crippen LogP contribution in [0, 0.1) is 16.7 Å². The van der Waals surface area contributed by atoms with E-state index in [1.165, 1.54) is 0 Å². The Morgan fingerprint density at radius 3 is 2.22 bits per heavy atom. The topological polar surface area (TPSA) is 47.9 Å². The van der Waals surface area contributed by atoms with Gasteiger partial charge in [0.25, 0.3) is 0 Å². The highest BCUT2D eigenvalue weighted by Gasteiger charge is 2.64. The molecule has 0 spiro atoms. The molecule has 6 atom stereocenters. The molecular formula is C22H42O4Si. The lowest BCUT2D eigenvalue weighted by atomic mass is 9.48. The summed E-state index contributed by atoms with van der Waals surface area (Å²) in [6.45, 7) is 20.9. The largest absolute Gasteiger partial charge is 0.413 e. The van der Waals surface area contributed by atoms with E-state index in [0.717, 1.165) is 25.7 Å². The van der Waals surface area contributed by atoms with Gasteiger partial charge in [-0.2, -0.15) is 0 Å². The first kappa shape index (κ1) is 21.8. The Kier molecular flexibility index (Phi) is 5.26. The average Bonchev–Trinajstić information content (AvgIpc) is 2.50. The van der Waals surface area contributed by atoms with Crippen molar-refractivity contribution in [1.82, 2.24) is 0 Å². The van der Waals surface area contributed by atoms with Crippen LogP contribution in [0.4, 0.5) is 0 Å². The molecule has 1 saturated heterocycles. The molecule has 0 bridgehead atoms. The van der Waals surface area contributed by atoms with Crippen LogP contribution in [-0.2, 0) is 13.9 Å². The first-order valence-corrected chi connectivity index (χ1v) is 13.7. The third-order valence-corrected chi connectivity index (χ3v) is 12.8. The molecule has 0 radical (unpaired) electrons. The van der Waals surface area contributed by atoms with Gasteiger partial charge < -0.3 is 19.0 Å². The molecule has 0 unspecified atom stereocenters. The maximum absolute atomic E-state index is 11.1. The standard InChI is InChI=1S/C22H42O4Si/c1-19(2,3)27(8,9)26-17-11-10-15(23)18-21(17,6)13-12-16-22(18,7)14-24-20(4,5)25-16/h15-18,23H,10-14H2,1-9H3/t15-,16-,17-,18+,21+,22-/m1/s1. The van der Waals surface area contributed by atoms with Gasteiger partial charge >= 0.3 is 0 Å². The quantitative estimate of drug-likeness (QED) is 0.657. The van der Waals surface area contributed by atoms with Gasteiger partial charge in [0.1, 0.15) is 0 Å². The van der Waals surface area contributed by atoms with E-state index in [-0.39, 0.29) is 40.1 Å². The lowest BCUT2D eigenvalue weighted by Gasteiger charge is -2.64. The van der Waals surface area contributed by atoms with Crippen LogP contribution in [0.25, 0.3) is 0 Å². The molecule has 0 aromatic rings. The van der Waals surface area contributed by atoms with Crippen molar-refractivity contribution >= 4 is 8.32 Å². The predicted octanol–water partition coefficient (Wildman–Crippen LogP) is 5.11. The minimum Gasteiger partial charge on any atom is -0.413 e. The molecule has 0 aromatic heterocycles. The van der Waals surface area contributed by atoms with Crippen molar-refractivity contribution in [2.45, 2.75) is 116 Å². The van der Waals surface area contributed by atoms with Gasteiger partial charge in [-0.15, -0.1) is 0 Å². The summed E-state index contributed by atoms with van der Waals surface area (Å²) in [5, 5.41) is 11.3. The van der Waals surface area contributed by atoms with Crippen LogP contribution < -0.4 is 0 Å². The number of aliphatic hydroxyl groups excluding tert-OH is 1. The van der Waals surface area contributed by atoms with Gasteiger partial charge in [-0.3, -0.25) is 0 Å². The lowest BCUT2D eigenvalue weighted by Crippen LogP contribution is -2.68. The predicted molar refractivity (Wildman–Crippen MR) is 111 cm³/mol. The zero-order valence-electron chi connectivity index (χ0n) is 19.0. The van der Waals surface area contributed by atoms with Gasteiger partial charge in [0.15, 0.2) is 14.1 Å². The van der Waals surface area contributed by atoms with Crippen molar-refractivity contribution in [2.75, 3.05) is 6.61 Å². The first-order chi connectivity index (χ1) is 12.1. The van der Waals surface area contributed by atoms with E-state index in [9.17, 15) is 5.11 Å². The fourth-order valence-electron chi connectivity index (χ4n) is 5.75. The normalized spacial score (nSPS) is 45.1. The second-order valence-electron chi connectivity index (χ2n) is 11.8.